The molecule has 1 unspecified atom stereocenters. The Hall–Kier alpha value is -2.93. The highest BCUT2D eigenvalue weighted by Crippen LogP contribution is 2.20. The monoisotopic (exact) mass is 492 g/mol. The zero-order chi connectivity index (χ0) is 26.1. The van der Waals surface area contributed by atoms with E-state index in [9.17, 15) is 4.79 Å². The van der Waals surface area contributed by atoms with Crippen molar-refractivity contribution < 1.29 is 19.0 Å². The molecule has 0 fully saturated rings. The van der Waals surface area contributed by atoms with Crippen molar-refractivity contribution in [2.75, 3.05) is 19.8 Å². The zero-order valence-corrected chi connectivity index (χ0v) is 22.2. The van der Waals surface area contributed by atoms with Gasteiger partial charge < -0.3 is 24.8 Å². The molecule has 0 aliphatic heterocycles. The molecule has 2 N–H and O–H groups in total. The van der Waals surface area contributed by atoms with Gasteiger partial charge in [-0.15, -0.1) is 0 Å². The summed E-state index contributed by atoms with van der Waals surface area (Å²) in [6.45, 7) is 11.6. The molecule has 3 aromatic rings. The van der Waals surface area contributed by atoms with E-state index in [1.807, 2.05) is 71.0 Å². The molecule has 36 heavy (non-hydrogen) atoms. The molecule has 0 spiro atoms. The highest BCUT2D eigenvalue weighted by molar-refractivity contribution is 5.84. The van der Waals surface area contributed by atoms with Gasteiger partial charge in [-0.25, -0.2) is 0 Å². The van der Waals surface area contributed by atoms with Crippen molar-refractivity contribution in [2.45, 2.75) is 65.5 Å². The largest absolute Gasteiger partial charge is 0.488 e. The number of nitrogens with zero attached hydrogens (tertiary/aromatic N) is 1. The second-order valence-electron chi connectivity index (χ2n) is 9.91. The minimum atomic E-state index is -0.691. The molecule has 0 bridgehead atoms. The van der Waals surface area contributed by atoms with Crippen molar-refractivity contribution in [1.29, 1.82) is 0 Å². The first kappa shape index (κ1) is 27.7. The van der Waals surface area contributed by atoms with Gasteiger partial charge in [0.25, 0.3) is 0 Å². The number of carbonyl (C=O) groups is 1. The van der Waals surface area contributed by atoms with E-state index < -0.39 is 12.3 Å². The number of benzene rings is 3. The van der Waals surface area contributed by atoms with Crippen LogP contribution < -0.4 is 10.5 Å². The maximum atomic E-state index is 13.6. The number of hydrogen-bond donors (Lipinski definition) is 1. The van der Waals surface area contributed by atoms with Crippen LogP contribution in [-0.2, 0) is 27.2 Å². The summed E-state index contributed by atoms with van der Waals surface area (Å²) >= 11 is 0. The Kier molecular flexibility index (Phi) is 9.88. The van der Waals surface area contributed by atoms with Gasteiger partial charge in [0.1, 0.15) is 11.4 Å². The first-order chi connectivity index (χ1) is 17.2. The van der Waals surface area contributed by atoms with Gasteiger partial charge in [-0.1, -0.05) is 48.5 Å². The quantitative estimate of drug-likeness (QED) is 0.347. The SMILES string of the molecule is CCOC(CN(Cc1ccc2ccccc2c1)C(=O)C(N)Cc1ccc(OC(C)(C)C)cc1)OCC. The lowest BCUT2D eigenvalue weighted by molar-refractivity contribution is -0.160. The standard InChI is InChI=1S/C30H40N2O4/c1-6-34-28(35-7-2)21-32(20-23-12-15-24-10-8-9-11-25(24)18-23)29(33)27(31)19-22-13-16-26(17-14-22)36-30(3,4)5/h8-18,27-28H,6-7,19-21,31H2,1-5H3. The van der Waals surface area contributed by atoms with Crippen molar-refractivity contribution in [2.24, 2.45) is 5.73 Å². The van der Waals surface area contributed by atoms with Crippen LogP contribution in [0.15, 0.2) is 66.7 Å². The summed E-state index contributed by atoms with van der Waals surface area (Å²) < 4.78 is 17.4. The highest BCUT2D eigenvalue weighted by atomic mass is 16.7. The van der Waals surface area contributed by atoms with Crippen LogP contribution in [0.4, 0.5) is 0 Å². The minimum Gasteiger partial charge on any atom is -0.488 e. The molecular formula is C30H40N2O4. The first-order valence-corrected chi connectivity index (χ1v) is 12.7. The van der Waals surface area contributed by atoms with Crippen LogP contribution in [-0.4, -0.2) is 48.5 Å². The van der Waals surface area contributed by atoms with Gasteiger partial charge in [-0.3, -0.25) is 4.79 Å². The van der Waals surface area contributed by atoms with Gasteiger partial charge in [0.2, 0.25) is 5.91 Å². The van der Waals surface area contributed by atoms with E-state index in [1.165, 1.54) is 0 Å². The van der Waals surface area contributed by atoms with Gasteiger partial charge in [0.15, 0.2) is 6.29 Å². The summed E-state index contributed by atoms with van der Waals surface area (Å²) in [6, 6.07) is 21.5. The van der Waals surface area contributed by atoms with Crippen LogP contribution in [0.2, 0.25) is 0 Å². The van der Waals surface area contributed by atoms with Crippen molar-refractivity contribution in [1.82, 2.24) is 4.90 Å². The Balaban J connectivity index is 1.76. The summed E-state index contributed by atoms with van der Waals surface area (Å²) in [5, 5.41) is 2.30. The summed E-state index contributed by atoms with van der Waals surface area (Å²) in [5.74, 6) is 0.655. The summed E-state index contributed by atoms with van der Waals surface area (Å²) in [7, 11) is 0. The summed E-state index contributed by atoms with van der Waals surface area (Å²) in [5.41, 5.74) is 8.20. The normalized spacial score (nSPS) is 12.6. The van der Waals surface area contributed by atoms with Crippen LogP contribution in [0, 0.1) is 0 Å². The lowest BCUT2D eigenvalue weighted by Crippen LogP contribution is -2.48. The highest BCUT2D eigenvalue weighted by Gasteiger charge is 2.25. The lowest BCUT2D eigenvalue weighted by Gasteiger charge is -2.30. The van der Waals surface area contributed by atoms with E-state index in [0.717, 1.165) is 27.6 Å². The predicted octanol–water partition coefficient (Wildman–Crippen LogP) is 5.31. The molecule has 3 aromatic carbocycles. The number of fused-ring (bicyclic) bond motifs is 1. The topological polar surface area (TPSA) is 74.0 Å². The molecule has 0 aliphatic carbocycles. The molecule has 194 valence electrons. The number of rotatable bonds is 12. The van der Waals surface area contributed by atoms with Crippen LogP contribution >= 0.6 is 0 Å². The predicted molar refractivity (Wildman–Crippen MR) is 145 cm³/mol. The van der Waals surface area contributed by atoms with Gasteiger partial charge in [0.05, 0.1) is 12.6 Å². The van der Waals surface area contributed by atoms with Gasteiger partial charge in [-0.05, 0) is 81.1 Å². The fourth-order valence-electron chi connectivity index (χ4n) is 4.12. The Morgan fingerprint density at radius 3 is 2.11 bits per heavy atom. The fourth-order valence-corrected chi connectivity index (χ4v) is 4.12. The van der Waals surface area contributed by atoms with E-state index >= 15 is 0 Å². The van der Waals surface area contributed by atoms with E-state index in [1.54, 1.807) is 4.90 Å². The van der Waals surface area contributed by atoms with Gasteiger partial charge in [0, 0.05) is 19.8 Å². The van der Waals surface area contributed by atoms with Gasteiger partial charge in [-0.2, -0.15) is 0 Å². The second-order valence-corrected chi connectivity index (χ2v) is 9.91. The number of hydrogen-bond acceptors (Lipinski definition) is 5. The average molecular weight is 493 g/mol. The van der Waals surface area contributed by atoms with E-state index in [-0.39, 0.29) is 11.5 Å². The summed E-state index contributed by atoms with van der Waals surface area (Å²) in [4.78, 5) is 15.3. The Morgan fingerprint density at radius 2 is 1.50 bits per heavy atom. The third-order valence-corrected chi connectivity index (χ3v) is 5.69. The molecule has 0 saturated heterocycles. The molecule has 0 aromatic heterocycles. The summed E-state index contributed by atoms with van der Waals surface area (Å²) in [6.07, 6.45) is -0.0815. The molecule has 6 nitrogen and oxygen atoms in total. The molecule has 1 amide bonds. The molecule has 0 aliphatic rings. The van der Waals surface area contributed by atoms with Crippen molar-refractivity contribution >= 4 is 16.7 Å². The molecule has 0 heterocycles. The minimum absolute atomic E-state index is 0.136. The maximum Gasteiger partial charge on any atom is 0.240 e. The molecule has 6 heteroatoms. The lowest BCUT2D eigenvalue weighted by atomic mass is 10.0. The van der Waals surface area contributed by atoms with Gasteiger partial charge >= 0.3 is 0 Å². The van der Waals surface area contributed by atoms with E-state index in [4.69, 9.17) is 19.9 Å². The van der Waals surface area contributed by atoms with E-state index in [0.29, 0.717) is 32.7 Å². The zero-order valence-electron chi connectivity index (χ0n) is 22.2. The molecule has 0 saturated carbocycles. The number of amides is 1. The van der Waals surface area contributed by atoms with Crippen LogP contribution in [0.1, 0.15) is 45.7 Å². The number of ether oxygens (including phenoxy) is 3. The molecule has 0 radical (unpaired) electrons. The van der Waals surface area contributed by atoms with Crippen molar-refractivity contribution in [3.05, 3.63) is 77.9 Å². The fraction of sp³-hybridized carbons (Fsp3) is 0.433. The third-order valence-electron chi connectivity index (χ3n) is 5.69. The van der Waals surface area contributed by atoms with Crippen LogP contribution in [0.25, 0.3) is 10.8 Å². The Labute approximate surface area is 215 Å². The average Bonchev–Trinajstić information content (AvgIpc) is 2.83. The second kappa shape index (κ2) is 12.9. The number of carbonyl (C=O) groups excluding carboxylic acids is 1. The van der Waals surface area contributed by atoms with E-state index in [2.05, 4.69) is 30.3 Å². The number of nitrogens with two attached hydrogens (primary N) is 1. The molecule has 1 atom stereocenters. The molecular weight excluding hydrogens is 452 g/mol. The first-order valence-electron chi connectivity index (χ1n) is 12.7. The molecule has 3 rings (SSSR count). The van der Waals surface area contributed by atoms with Crippen LogP contribution in [0.5, 0.6) is 5.75 Å². The smallest absolute Gasteiger partial charge is 0.240 e. The van der Waals surface area contributed by atoms with Crippen LogP contribution in [0.3, 0.4) is 0 Å². The van der Waals surface area contributed by atoms with Crippen molar-refractivity contribution in [3.63, 3.8) is 0 Å². The maximum absolute atomic E-state index is 13.6. The third kappa shape index (κ3) is 8.33. The Bertz CT molecular complexity index is 1100. The van der Waals surface area contributed by atoms with Crippen molar-refractivity contribution in [3.8, 4) is 5.75 Å². The Morgan fingerprint density at radius 1 is 0.889 bits per heavy atom.